The lowest BCUT2D eigenvalue weighted by Gasteiger charge is -2.19. The van der Waals surface area contributed by atoms with E-state index in [1.807, 2.05) is 62.5 Å². The molecule has 1 N–H and O–H groups in total. The number of nitrogens with one attached hydrogen (secondary N) is 1. The van der Waals surface area contributed by atoms with Gasteiger partial charge in [0, 0.05) is 40.6 Å². The van der Waals surface area contributed by atoms with Crippen LogP contribution < -0.4 is 15.1 Å². The van der Waals surface area contributed by atoms with E-state index in [1.165, 1.54) is 0 Å². The molecular formula is C14H20N6O. The van der Waals surface area contributed by atoms with Gasteiger partial charge >= 0.3 is 0 Å². The second-order valence-electron chi connectivity index (χ2n) is 5.10. The minimum atomic E-state index is -0.115. The highest BCUT2D eigenvalue weighted by molar-refractivity contribution is 5.93. The fraction of sp³-hybridized carbons (Fsp3) is 0.357. The highest BCUT2D eigenvalue weighted by Crippen LogP contribution is 2.22. The van der Waals surface area contributed by atoms with E-state index in [-0.39, 0.29) is 12.5 Å². The molecule has 0 fully saturated rings. The maximum Gasteiger partial charge on any atom is 0.244 e. The van der Waals surface area contributed by atoms with Crippen LogP contribution in [0.15, 0.2) is 30.7 Å². The van der Waals surface area contributed by atoms with E-state index in [0.29, 0.717) is 17.5 Å². The Hall–Kier alpha value is -2.57. The normalized spacial score (nSPS) is 10.3. The second-order valence-corrected chi connectivity index (χ2v) is 5.10. The van der Waals surface area contributed by atoms with Gasteiger partial charge in [0.2, 0.25) is 11.9 Å². The molecule has 2 aromatic rings. The van der Waals surface area contributed by atoms with E-state index in [1.54, 1.807) is 10.8 Å². The van der Waals surface area contributed by atoms with Gasteiger partial charge in [0.05, 0.1) is 6.20 Å². The molecule has 7 heteroatoms. The summed E-state index contributed by atoms with van der Waals surface area (Å²) in [5.41, 5.74) is 0.600. The van der Waals surface area contributed by atoms with Crippen molar-refractivity contribution in [2.75, 3.05) is 43.3 Å². The molecule has 2 aromatic heterocycles. The van der Waals surface area contributed by atoms with Crippen LogP contribution in [0.2, 0.25) is 0 Å². The van der Waals surface area contributed by atoms with Crippen LogP contribution >= 0.6 is 0 Å². The van der Waals surface area contributed by atoms with Crippen molar-refractivity contribution in [2.45, 2.75) is 6.54 Å². The summed E-state index contributed by atoms with van der Waals surface area (Å²) in [6, 6.07) is 3.76. The third-order valence-electron chi connectivity index (χ3n) is 2.85. The first-order valence-corrected chi connectivity index (χ1v) is 6.59. The maximum atomic E-state index is 12.1. The molecule has 0 unspecified atom stereocenters. The number of aromatic nitrogens is 3. The lowest BCUT2D eigenvalue weighted by molar-refractivity contribution is -0.116. The lowest BCUT2D eigenvalue weighted by Crippen LogP contribution is -2.22. The first-order valence-electron chi connectivity index (χ1n) is 6.59. The first kappa shape index (κ1) is 14.8. The van der Waals surface area contributed by atoms with Gasteiger partial charge in [-0.1, -0.05) is 0 Å². The predicted molar refractivity (Wildman–Crippen MR) is 83.7 cm³/mol. The van der Waals surface area contributed by atoms with E-state index >= 15 is 0 Å². The van der Waals surface area contributed by atoms with Gasteiger partial charge in [-0.2, -0.15) is 4.98 Å². The van der Waals surface area contributed by atoms with Gasteiger partial charge in [-0.15, -0.1) is 0 Å². The molecule has 0 saturated carbocycles. The molecule has 0 atom stereocenters. The Balaban J connectivity index is 2.17. The van der Waals surface area contributed by atoms with Crippen LogP contribution in [-0.2, 0) is 11.3 Å². The Morgan fingerprint density at radius 1 is 1.19 bits per heavy atom. The number of nitrogens with zero attached hydrogens (tertiary/aromatic N) is 5. The minimum Gasteiger partial charge on any atom is -0.361 e. The Bertz CT molecular complexity index is 606. The topological polar surface area (TPSA) is 66.3 Å². The molecule has 112 valence electrons. The molecule has 0 aliphatic carbocycles. The summed E-state index contributed by atoms with van der Waals surface area (Å²) >= 11 is 0. The van der Waals surface area contributed by atoms with Gasteiger partial charge in [-0.05, 0) is 12.1 Å². The number of hydrogen-bond acceptors (Lipinski definition) is 5. The molecule has 0 aliphatic heterocycles. The highest BCUT2D eigenvalue weighted by atomic mass is 16.1. The van der Waals surface area contributed by atoms with Gasteiger partial charge in [-0.3, -0.25) is 4.79 Å². The molecule has 0 aromatic carbocycles. The molecule has 2 heterocycles. The van der Waals surface area contributed by atoms with E-state index < -0.39 is 0 Å². The first-order chi connectivity index (χ1) is 9.97. The van der Waals surface area contributed by atoms with Gasteiger partial charge in [0.15, 0.2) is 5.82 Å². The average Bonchev–Trinajstić information content (AvgIpc) is 2.91. The fourth-order valence-corrected chi connectivity index (χ4v) is 1.84. The third-order valence-corrected chi connectivity index (χ3v) is 2.85. The van der Waals surface area contributed by atoms with E-state index in [2.05, 4.69) is 15.3 Å². The Labute approximate surface area is 124 Å². The summed E-state index contributed by atoms with van der Waals surface area (Å²) in [6.45, 7) is 0.259. The minimum absolute atomic E-state index is 0.115. The molecular weight excluding hydrogens is 268 g/mol. The largest absolute Gasteiger partial charge is 0.361 e. The van der Waals surface area contributed by atoms with Crippen LogP contribution in [-0.4, -0.2) is 48.6 Å². The quantitative estimate of drug-likeness (QED) is 0.891. The van der Waals surface area contributed by atoms with Crippen molar-refractivity contribution < 1.29 is 4.79 Å². The zero-order chi connectivity index (χ0) is 15.4. The molecule has 7 nitrogen and oxygen atoms in total. The van der Waals surface area contributed by atoms with Gasteiger partial charge in [-0.25, -0.2) is 4.98 Å². The summed E-state index contributed by atoms with van der Waals surface area (Å²) in [6.07, 6.45) is 5.32. The molecule has 0 saturated heterocycles. The summed E-state index contributed by atoms with van der Waals surface area (Å²) in [4.78, 5) is 24.4. The van der Waals surface area contributed by atoms with Crippen molar-refractivity contribution in [3.05, 3.63) is 30.7 Å². The standard InChI is InChI=1S/C14H20N6O/c1-18(2)13-11(9-15-14(17-13)19(3)4)16-12(21)10-20-7-5-6-8-20/h5-9H,10H2,1-4H3,(H,16,21). The molecule has 0 bridgehead atoms. The predicted octanol–water partition coefficient (Wildman–Crippen LogP) is 1.05. The van der Waals surface area contributed by atoms with Crippen molar-refractivity contribution in [1.29, 1.82) is 0 Å². The molecule has 1 amide bonds. The second kappa shape index (κ2) is 6.25. The number of rotatable bonds is 5. The van der Waals surface area contributed by atoms with Crippen LogP contribution in [0.3, 0.4) is 0 Å². The van der Waals surface area contributed by atoms with E-state index in [0.717, 1.165) is 0 Å². The van der Waals surface area contributed by atoms with Crippen LogP contribution in [0.1, 0.15) is 0 Å². The molecule has 0 radical (unpaired) electrons. The summed E-state index contributed by atoms with van der Waals surface area (Å²) in [5.74, 6) is 1.16. The Kier molecular flexibility index (Phi) is 4.42. The van der Waals surface area contributed by atoms with E-state index in [9.17, 15) is 4.79 Å². The summed E-state index contributed by atoms with van der Waals surface area (Å²) in [7, 11) is 7.50. The average molecular weight is 288 g/mol. The zero-order valence-corrected chi connectivity index (χ0v) is 12.7. The van der Waals surface area contributed by atoms with E-state index in [4.69, 9.17) is 0 Å². The molecule has 0 aliphatic rings. The van der Waals surface area contributed by atoms with Crippen LogP contribution in [0.25, 0.3) is 0 Å². The SMILES string of the molecule is CN(C)c1ncc(NC(=O)Cn2cccc2)c(N(C)C)n1. The summed E-state index contributed by atoms with van der Waals surface area (Å²) in [5, 5.41) is 2.85. The van der Waals surface area contributed by atoms with Gasteiger partial charge in [0.1, 0.15) is 12.2 Å². The Morgan fingerprint density at radius 2 is 1.86 bits per heavy atom. The molecule has 0 spiro atoms. The molecule has 21 heavy (non-hydrogen) atoms. The van der Waals surface area contributed by atoms with Crippen molar-refractivity contribution >= 4 is 23.4 Å². The van der Waals surface area contributed by atoms with Crippen molar-refractivity contribution in [3.63, 3.8) is 0 Å². The number of carbonyl (C=O) groups excluding carboxylic acids is 1. The van der Waals surface area contributed by atoms with Crippen molar-refractivity contribution in [2.24, 2.45) is 0 Å². The molecule has 2 rings (SSSR count). The lowest BCUT2D eigenvalue weighted by atomic mass is 10.4. The van der Waals surface area contributed by atoms with Crippen LogP contribution in [0.5, 0.6) is 0 Å². The maximum absolute atomic E-state index is 12.1. The summed E-state index contributed by atoms with van der Waals surface area (Å²) < 4.78 is 1.81. The smallest absolute Gasteiger partial charge is 0.244 e. The van der Waals surface area contributed by atoms with Gasteiger partial charge in [0.25, 0.3) is 0 Å². The zero-order valence-electron chi connectivity index (χ0n) is 12.7. The van der Waals surface area contributed by atoms with Crippen LogP contribution in [0, 0.1) is 0 Å². The number of anilines is 3. The number of amides is 1. The van der Waals surface area contributed by atoms with Crippen molar-refractivity contribution in [3.8, 4) is 0 Å². The van der Waals surface area contributed by atoms with Crippen LogP contribution in [0.4, 0.5) is 17.5 Å². The number of hydrogen-bond donors (Lipinski definition) is 1. The Morgan fingerprint density at radius 3 is 2.43 bits per heavy atom. The highest BCUT2D eigenvalue weighted by Gasteiger charge is 2.13. The number of carbonyl (C=O) groups is 1. The third kappa shape index (κ3) is 3.71. The fourth-order valence-electron chi connectivity index (χ4n) is 1.84. The van der Waals surface area contributed by atoms with Gasteiger partial charge < -0.3 is 19.7 Å². The monoisotopic (exact) mass is 288 g/mol. The van der Waals surface area contributed by atoms with Crippen molar-refractivity contribution in [1.82, 2.24) is 14.5 Å².